The second kappa shape index (κ2) is 6.67. The van der Waals surface area contributed by atoms with Crippen molar-refractivity contribution in [3.63, 3.8) is 0 Å². The fraction of sp³-hybridized carbons (Fsp3) is 0.250. The second-order valence-corrected chi connectivity index (χ2v) is 5.89. The molecule has 2 aromatic rings. The van der Waals surface area contributed by atoms with Gasteiger partial charge in [-0.2, -0.15) is 0 Å². The number of benzene rings is 2. The quantitative estimate of drug-likeness (QED) is 0.682. The van der Waals surface area contributed by atoms with E-state index in [9.17, 15) is 4.39 Å². The molecule has 0 saturated carbocycles. The van der Waals surface area contributed by atoms with E-state index in [1.54, 1.807) is 6.07 Å². The lowest BCUT2D eigenvalue weighted by Gasteiger charge is -2.16. The standard InChI is InChI=1S/C16H15BrClFO2/c1-9-6-10(4-5-12(9)17)16(18)11-7-14(20-2)15(21-3)8-13(11)19/h4-8,16H,1-3H3. The molecular formula is C16H15BrClFO2. The van der Waals surface area contributed by atoms with E-state index in [2.05, 4.69) is 15.9 Å². The van der Waals surface area contributed by atoms with Crippen LogP contribution in [0.2, 0.25) is 0 Å². The van der Waals surface area contributed by atoms with Crippen molar-refractivity contribution >= 4 is 27.5 Å². The summed E-state index contributed by atoms with van der Waals surface area (Å²) in [4.78, 5) is 0. The molecule has 0 N–H and O–H groups in total. The van der Waals surface area contributed by atoms with Gasteiger partial charge in [-0.15, -0.1) is 11.6 Å². The Morgan fingerprint density at radius 3 is 2.29 bits per heavy atom. The summed E-state index contributed by atoms with van der Waals surface area (Å²) in [5.74, 6) is 0.371. The molecule has 0 aromatic heterocycles. The predicted molar refractivity (Wildman–Crippen MR) is 86.1 cm³/mol. The van der Waals surface area contributed by atoms with Gasteiger partial charge in [-0.3, -0.25) is 0 Å². The molecule has 0 radical (unpaired) electrons. The van der Waals surface area contributed by atoms with Crippen LogP contribution in [0.4, 0.5) is 4.39 Å². The summed E-state index contributed by atoms with van der Waals surface area (Å²) in [6.45, 7) is 1.96. The maximum absolute atomic E-state index is 14.2. The molecule has 0 spiro atoms. The summed E-state index contributed by atoms with van der Waals surface area (Å²) < 4.78 is 25.5. The van der Waals surface area contributed by atoms with Crippen molar-refractivity contribution in [2.45, 2.75) is 12.3 Å². The normalized spacial score (nSPS) is 12.1. The Balaban J connectivity index is 2.47. The first-order valence-corrected chi connectivity index (χ1v) is 7.52. The first-order valence-electron chi connectivity index (χ1n) is 6.29. The summed E-state index contributed by atoms with van der Waals surface area (Å²) >= 11 is 9.87. The average Bonchev–Trinajstić information content (AvgIpc) is 2.49. The fourth-order valence-corrected chi connectivity index (χ4v) is 2.62. The number of ether oxygens (including phenoxy) is 2. The van der Waals surface area contributed by atoms with E-state index in [0.717, 1.165) is 15.6 Å². The van der Waals surface area contributed by atoms with Crippen LogP contribution in [0.25, 0.3) is 0 Å². The lowest BCUT2D eigenvalue weighted by molar-refractivity contribution is 0.351. The summed E-state index contributed by atoms with van der Waals surface area (Å²) in [6.07, 6.45) is 0. The molecule has 0 saturated heterocycles. The van der Waals surface area contributed by atoms with E-state index in [0.29, 0.717) is 17.1 Å². The van der Waals surface area contributed by atoms with Crippen molar-refractivity contribution in [2.24, 2.45) is 0 Å². The summed E-state index contributed by atoms with van der Waals surface area (Å²) in [7, 11) is 2.97. The molecule has 0 amide bonds. The highest BCUT2D eigenvalue weighted by atomic mass is 79.9. The summed E-state index contributed by atoms with van der Waals surface area (Å²) in [6, 6.07) is 8.56. The maximum atomic E-state index is 14.2. The van der Waals surface area contributed by atoms with Gasteiger partial charge in [-0.1, -0.05) is 28.1 Å². The van der Waals surface area contributed by atoms with Gasteiger partial charge in [0, 0.05) is 16.1 Å². The third kappa shape index (κ3) is 3.33. The molecule has 0 heterocycles. The predicted octanol–water partition coefficient (Wildman–Crippen LogP) is 5.24. The van der Waals surface area contributed by atoms with E-state index in [1.807, 2.05) is 25.1 Å². The Morgan fingerprint density at radius 2 is 1.71 bits per heavy atom. The van der Waals surface area contributed by atoms with Crippen molar-refractivity contribution in [1.82, 2.24) is 0 Å². The number of halogens is 3. The molecule has 0 aliphatic heterocycles. The van der Waals surface area contributed by atoms with E-state index in [4.69, 9.17) is 21.1 Å². The number of hydrogen-bond acceptors (Lipinski definition) is 2. The van der Waals surface area contributed by atoms with Crippen LogP contribution in [0.15, 0.2) is 34.8 Å². The molecule has 1 atom stereocenters. The van der Waals surface area contributed by atoms with E-state index < -0.39 is 11.2 Å². The number of rotatable bonds is 4. The van der Waals surface area contributed by atoms with E-state index >= 15 is 0 Å². The largest absolute Gasteiger partial charge is 0.493 e. The summed E-state index contributed by atoms with van der Waals surface area (Å²) in [5, 5.41) is -0.600. The van der Waals surface area contributed by atoms with E-state index in [1.165, 1.54) is 20.3 Å². The molecule has 5 heteroatoms. The maximum Gasteiger partial charge on any atom is 0.163 e. The van der Waals surface area contributed by atoms with E-state index in [-0.39, 0.29) is 0 Å². The molecule has 1 unspecified atom stereocenters. The number of alkyl halides is 1. The minimum absolute atomic E-state index is 0.342. The van der Waals surface area contributed by atoms with Crippen molar-refractivity contribution in [3.05, 3.63) is 57.3 Å². The average molecular weight is 374 g/mol. The molecule has 2 aromatic carbocycles. The Morgan fingerprint density at radius 1 is 1.10 bits per heavy atom. The first kappa shape index (κ1) is 16.1. The zero-order chi connectivity index (χ0) is 15.6. The van der Waals surface area contributed by atoms with Gasteiger partial charge in [0.2, 0.25) is 0 Å². The molecular weight excluding hydrogens is 359 g/mol. The van der Waals surface area contributed by atoms with Gasteiger partial charge in [0.1, 0.15) is 5.82 Å². The first-order chi connectivity index (χ1) is 9.97. The zero-order valence-electron chi connectivity index (χ0n) is 11.9. The van der Waals surface area contributed by atoms with Crippen LogP contribution in [-0.4, -0.2) is 14.2 Å². The van der Waals surface area contributed by atoms with Crippen LogP contribution in [0.1, 0.15) is 22.1 Å². The van der Waals surface area contributed by atoms with Gasteiger partial charge in [-0.05, 0) is 30.2 Å². The Labute approximate surface area is 137 Å². The number of methoxy groups -OCH3 is 2. The Bertz CT molecular complexity index is 661. The van der Waals surface area contributed by atoms with Gasteiger partial charge in [0.05, 0.1) is 19.6 Å². The molecule has 0 aliphatic carbocycles. The number of aryl methyl sites for hydroxylation is 1. The third-order valence-electron chi connectivity index (χ3n) is 3.25. The van der Waals surface area contributed by atoms with Crippen LogP contribution in [0, 0.1) is 12.7 Å². The van der Waals surface area contributed by atoms with Gasteiger partial charge in [0.15, 0.2) is 11.5 Å². The van der Waals surface area contributed by atoms with Crippen molar-refractivity contribution in [3.8, 4) is 11.5 Å². The van der Waals surface area contributed by atoms with Crippen molar-refractivity contribution in [1.29, 1.82) is 0 Å². The van der Waals surface area contributed by atoms with Gasteiger partial charge >= 0.3 is 0 Å². The Kier molecular flexibility index (Phi) is 5.12. The SMILES string of the molecule is COc1cc(F)c(C(Cl)c2ccc(Br)c(C)c2)cc1OC. The minimum atomic E-state index is -0.600. The molecule has 0 fully saturated rings. The fourth-order valence-electron chi connectivity index (χ4n) is 2.07. The topological polar surface area (TPSA) is 18.5 Å². The zero-order valence-corrected chi connectivity index (χ0v) is 14.3. The molecule has 2 nitrogen and oxygen atoms in total. The Hall–Kier alpha value is -1.26. The summed E-state index contributed by atoms with van der Waals surface area (Å²) in [5.41, 5.74) is 2.22. The molecule has 112 valence electrons. The van der Waals surface area contributed by atoms with Crippen LogP contribution in [0.5, 0.6) is 11.5 Å². The molecule has 0 aliphatic rings. The smallest absolute Gasteiger partial charge is 0.163 e. The minimum Gasteiger partial charge on any atom is -0.493 e. The van der Waals surface area contributed by atoms with Crippen molar-refractivity contribution < 1.29 is 13.9 Å². The number of hydrogen-bond donors (Lipinski definition) is 0. The van der Waals surface area contributed by atoms with Crippen LogP contribution in [0.3, 0.4) is 0 Å². The van der Waals surface area contributed by atoms with Gasteiger partial charge in [0.25, 0.3) is 0 Å². The van der Waals surface area contributed by atoms with Gasteiger partial charge in [-0.25, -0.2) is 4.39 Å². The van der Waals surface area contributed by atoms with Crippen molar-refractivity contribution in [2.75, 3.05) is 14.2 Å². The third-order valence-corrected chi connectivity index (χ3v) is 4.63. The molecule has 21 heavy (non-hydrogen) atoms. The van der Waals surface area contributed by atoms with Crippen LogP contribution < -0.4 is 9.47 Å². The van der Waals surface area contributed by atoms with Crippen LogP contribution >= 0.6 is 27.5 Å². The second-order valence-electron chi connectivity index (χ2n) is 4.60. The molecule has 0 bridgehead atoms. The van der Waals surface area contributed by atoms with Gasteiger partial charge < -0.3 is 9.47 Å². The van der Waals surface area contributed by atoms with Crippen LogP contribution in [-0.2, 0) is 0 Å². The lowest BCUT2D eigenvalue weighted by atomic mass is 10.0. The highest BCUT2D eigenvalue weighted by molar-refractivity contribution is 9.10. The molecule has 2 rings (SSSR count). The monoisotopic (exact) mass is 372 g/mol. The highest BCUT2D eigenvalue weighted by Gasteiger charge is 2.19. The lowest BCUT2D eigenvalue weighted by Crippen LogP contribution is -2.01. The highest BCUT2D eigenvalue weighted by Crippen LogP contribution is 2.38.